The lowest BCUT2D eigenvalue weighted by molar-refractivity contribution is -0.131. The molecule has 100 valence electrons. The summed E-state index contributed by atoms with van der Waals surface area (Å²) in [6.07, 6.45) is 6.18. The monoisotopic (exact) mass is 252 g/mol. The molecule has 2 heterocycles. The molecule has 0 aromatic rings. The number of hydrogen-bond donors (Lipinski definition) is 0. The molecule has 0 atom stereocenters. The van der Waals surface area contributed by atoms with Crippen LogP contribution in [0.5, 0.6) is 0 Å². The zero-order valence-electron chi connectivity index (χ0n) is 10.7. The van der Waals surface area contributed by atoms with E-state index in [1.807, 2.05) is 0 Å². The molecule has 0 N–H and O–H groups in total. The minimum absolute atomic E-state index is 0.130. The van der Waals surface area contributed by atoms with Gasteiger partial charge in [0.1, 0.15) is 0 Å². The van der Waals surface area contributed by atoms with E-state index in [0.29, 0.717) is 25.9 Å². The zero-order chi connectivity index (χ0) is 13.0. The Bertz CT molecular complexity index is 322. The predicted octanol–water partition coefficient (Wildman–Crippen LogP) is 1.91. The van der Waals surface area contributed by atoms with Gasteiger partial charge < -0.3 is 0 Å². The van der Waals surface area contributed by atoms with Crippen LogP contribution in [0, 0.1) is 0 Å². The van der Waals surface area contributed by atoms with Crippen LogP contribution in [0.4, 0.5) is 4.79 Å². The Balaban J connectivity index is 2.08. The van der Waals surface area contributed by atoms with Crippen molar-refractivity contribution in [3.05, 3.63) is 0 Å². The van der Waals surface area contributed by atoms with E-state index in [2.05, 4.69) is 0 Å². The van der Waals surface area contributed by atoms with Crippen LogP contribution in [-0.2, 0) is 9.59 Å². The molecule has 0 unspecified atom stereocenters. The van der Waals surface area contributed by atoms with Crippen molar-refractivity contribution >= 4 is 17.8 Å². The van der Waals surface area contributed by atoms with Gasteiger partial charge in [0.15, 0.2) is 0 Å². The van der Waals surface area contributed by atoms with Gasteiger partial charge in [0.05, 0.1) is 0 Å². The van der Waals surface area contributed by atoms with Crippen molar-refractivity contribution in [3.63, 3.8) is 0 Å². The summed E-state index contributed by atoms with van der Waals surface area (Å²) in [5.74, 6) is -0.260. The number of likely N-dealkylation sites (tertiary alicyclic amines) is 2. The molecule has 0 saturated carbocycles. The SMILES string of the molecule is O=C1CCCCCN1C(=O)N1CCCCCC1=O. The number of amides is 4. The van der Waals surface area contributed by atoms with Gasteiger partial charge in [0, 0.05) is 25.9 Å². The van der Waals surface area contributed by atoms with Gasteiger partial charge in [-0.15, -0.1) is 0 Å². The normalized spacial score (nSPS) is 22.7. The highest BCUT2D eigenvalue weighted by atomic mass is 16.2. The average molecular weight is 252 g/mol. The summed E-state index contributed by atoms with van der Waals surface area (Å²) >= 11 is 0. The molecular formula is C13H20N2O3. The van der Waals surface area contributed by atoms with Gasteiger partial charge >= 0.3 is 6.03 Å². The quantitative estimate of drug-likeness (QED) is 0.661. The number of urea groups is 1. The van der Waals surface area contributed by atoms with Crippen LogP contribution in [-0.4, -0.2) is 40.7 Å². The first-order valence-electron chi connectivity index (χ1n) is 6.85. The van der Waals surface area contributed by atoms with Crippen molar-refractivity contribution in [2.24, 2.45) is 0 Å². The van der Waals surface area contributed by atoms with E-state index >= 15 is 0 Å². The van der Waals surface area contributed by atoms with E-state index in [-0.39, 0.29) is 11.8 Å². The van der Waals surface area contributed by atoms with Crippen LogP contribution in [0.2, 0.25) is 0 Å². The summed E-state index contributed by atoms with van der Waals surface area (Å²) in [6.45, 7) is 0.920. The molecule has 0 radical (unpaired) electrons. The van der Waals surface area contributed by atoms with E-state index in [1.165, 1.54) is 9.80 Å². The topological polar surface area (TPSA) is 57.7 Å². The highest BCUT2D eigenvalue weighted by molar-refractivity contribution is 6.02. The molecule has 0 spiro atoms. The maximum Gasteiger partial charge on any atom is 0.333 e. The molecule has 5 nitrogen and oxygen atoms in total. The van der Waals surface area contributed by atoms with Crippen molar-refractivity contribution in [2.45, 2.75) is 51.4 Å². The fourth-order valence-electron chi connectivity index (χ4n) is 2.52. The standard InChI is InChI=1S/C13H20N2O3/c16-11-7-3-1-5-9-14(11)13(18)15-10-6-2-4-8-12(15)17/h1-10H2. The maximum absolute atomic E-state index is 12.3. The van der Waals surface area contributed by atoms with Gasteiger partial charge in [-0.3, -0.25) is 19.4 Å². The number of imide groups is 2. The minimum atomic E-state index is -0.395. The highest BCUT2D eigenvalue weighted by Crippen LogP contribution is 2.17. The van der Waals surface area contributed by atoms with Crippen LogP contribution in [0.3, 0.4) is 0 Å². The highest BCUT2D eigenvalue weighted by Gasteiger charge is 2.31. The Morgan fingerprint density at radius 2 is 1.17 bits per heavy atom. The summed E-state index contributed by atoms with van der Waals surface area (Å²) < 4.78 is 0. The maximum atomic E-state index is 12.3. The van der Waals surface area contributed by atoms with Gasteiger partial charge in [0.25, 0.3) is 0 Å². The van der Waals surface area contributed by atoms with Gasteiger partial charge in [-0.1, -0.05) is 12.8 Å². The second kappa shape index (κ2) is 5.98. The van der Waals surface area contributed by atoms with E-state index in [0.717, 1.165) is 38.5 Å². The number of carbonyl (C=O) groups excluding carboxylic acids is 3. The van der Waals surface area contributed by atoms with Crippen molar-refractivity contribution in [1.29, 1.82) is 0 Å². The lowest BCUT2D eigenvalue weighted by atomic mass is 10.2. The predicted molar refractivity (Wildman–Crippen MR) is 65.8 cm³/mol. The number of rotatable bonds is 0. The molecule has 2 saturated heterocycles. The summed E-state index contributed by atoms with van der Waals surface area (Å²) in [5, 5.41) is 0. The Hall–Kier alpha value is -1.39. The first-order valence-corrected chi connectivity index (χ1v) is 6.85. The largest absolute Gasteiger partial charge is 0.333 e. The molecule has 0 bridgehead atoms. The Labute approximate surface area is 107 Å². The first kappa shape index (κ1) is 13.1. The summed E-state index contributed by atoms with van der Waals surface area (Å²) in [4.78, 5) is 38.6. The van der Waals surface area contributed by atoms with Crippen LogP contribution < -0.4 is 0 Å². The third-order valence-corrected chi connectivity index (χ3v) is 3.61. The fraction of sp³-hybridized carbons (Fsp3) is 0.769. The lowest BCUT2D eigenvalue weighted by Gasteiger charge is -2.26. The van der Waals surface area contributed by atoms with E-state index in [1.54, 1.807) is 0 Å². The van der Waals surface area contributed by atoms with Crippen LogP contribution in [0.15, 0.2) is 0 Å². The molecular weight excluding hydrogens is 232 g/mol. The first-order chi connectivity index (χ1) is 8.70. The molecule has 18 heavy (non-hydrogen) atoms. The summed E-state index contributed by atoms with van der Waals surface area (Å²) in [6, 6.07) is -0.395. The number of hydrogen-bond acceptors (Lipinski definition) is 3. The minimum Gasteiger partial charge on any atom is -0.274 e. The number of carbonyl (C=O) groups is 3. The third kappa shape index (κ3) is 2.89. The van der Waals surface area contributed by atoms with Gasteiger partial charge in [-0.05, 0) is 25.7 Å². The van der Waals surface area contributed by atoms with Crippen molar-refractivity contribution in [1.82, 2.24) is 9.80 Å². The summed E-state index contributed by atoms with van der Waals surface area (Å²) in [5.41, 5.74) is 0. The summed E-state index contributed by atoms with van der Waals surface area (Å²) in [7, 11) is 0. The molecule has 2 aliphatic heterocycles. The van der Waals surface area contributed by atoms with E-state index in [4.69, 9.17) is 0 Å². The van der Waals surface area contributed by atoms with Gasteiger partial charge in [-0.2, -0.15) is 0 Å². The van der Waals surface area contributed by atoms with Crippen molar-refractivity contribution < 1.29 is 14.4 Å². The molecule has 0 aromatic carbocycles. The third-order valence-electron chi connectivity index (χ3n) is 3.61. The van der Waals surface area contributed by atoms with E-state index in [9.17, 15) is 14.4 Å². The van der Waals surface area contributed by atoms with Crippen LogP contribution >= 0.6 is 0 Å². The fourth-order valence-corrected chi connectivity index (χ4v) is 2.52. The average Bonchev–Trinajstić information content (AvgIpc) is 2.69. The lowest BCUT2D eigenvalue weighted by Crippen LogP contribution is -2.48. The Morgan fingerprint density at radius 1 is 0.722 bits per heavy atom. The van der Waals surface area contributed by atoms with Gasteiger partial charge in [0.2, 0.25) is 11.8 Å². The smallest absolute Gasteiger partial charge is 0.274 e. The van der Waals surface area contributed by atoms with Crippen LogP contribution in [0.25, 0.3) is 0 Å². The molecule has 5 heteroatoms. The van der Waals surface area contributed by atoms with Crippen LogP contribution in [0.1, 0.15) is 51.4 Å². The molecule has 2 rings (SSSR count). The van der Waals surface area contributed by atoms with Crippen molar-refractivity contribution in [3.8, 4) is 0 Å². The Morgan fingerprint density at radius 3 is 1.61 bits per heavy atom. The van der Waals surface area contributed by atoms with Gasteiger partial charge in [-0.25, -0.2) is 4.79 Å². The molecule has 0 aromatic heterocycles. The van der Waals surface area contributed by atoms with Crippen molar-refractivity contribution in [2.75, 3.05) is 13.1 Å². The molecule has 2 fully saturated rings. The Kier molecular flexibility index (Phi) is 4.33. The molecule has 4 amide bonds. The molecule has 0 aliphatic carbocycles. The number of nitrogens with zero attached hydrogens (tertiary/aromatic N) is 2. The zero-order valence-corrected chi connectivity index (χ0v) is 10.7. The second-order valence-electron chi connectivity index (χ2n) is 4.99. The van der Waals surface area contributed by atoms with E-state index < -0.39 is 6.03 Å². The molecule has 2 aliphatic rings. The second-order valence-corrected chi connectivity index (χ2v) is 4.99.